The first-order valence-corrected chi connectivity index (χ1v) is 6.49. The Bertz CT molecular complexity index is 232. The predicted molar refractivity (Wildman–Crippen MR) is 67.3 cm³/mol. The lowest BCUT2D eigenvalue weighted by Crippen LogP contribution is -2.57. The molecule has 1 amide bonds. The van der Waals surface area contributed by atoms with E-state index in [2.05, 4.69) is 31.4 Å². The highest BCUT2D eigenvalue weighted by Crippen LogP contribution is 2.19. The van der Waals surface area contributed by atoms with Gasteiger partial charge in [0.1, 0.15) is 0 Å². The van der Waals surface area contributed by atoms with Crippen molar-refractivity contribution >= 4 is 5.91 Å². The molecule has 1 aliphatic rings. The molecule has 1 fully saturated rings. The maximum atomic E-state index is 12.1. The average Bonchev–Trinajstić information content (AvgIpc) is 2.26. The van der Waals surface area contributed by atoms with E-state index in [4.69, 9.17) is 0 Å². The standard InChI is InChI=1S/C13H26N2O/c1-10(2)11(3)9-14-12(16)13(4)7-5-6-8-15-13/h10-11,15H,5-9H2,1-4H3,(H,14,16). The van der Waals surface area contributed by atoms with Crippen LogP contribution >= 0.6 is 0 Å². The maximum absolute atomic E-state index is 12.1. The second kappa shape index (κ2) is 5.67. The number of hydrogen-bond acceptors (Lipinski definition) is 2. The van der Waals surface area contributed by atoms with Crippen molar-refractivity contribution in [2.75, 3.05) is 13.1 Å². The van der Waals surface area contributed by atoms with Crippen LogP contribution in [-0.2, 0) is 4.79 Å². The fraction of sp³-hybridized carbons (Fsp3) is 0.923. The molecule has 2 atom stereocenters. The normalized spacial score (nSPS) is 27.8. The van der Waals surface area contributed by atoms with Gasteiger partial charge in [0.05, 0.1) is 5.54 Å². The van der Waals surface area contributed by atoms with E-state index >= 15 is 0 Å². The first-order chi connectivity index (χ1) is 7.46. The van der Waals surface area contributed by atoms with E-state index in [0.717, 1.165) is 25.9 Å². The first-order valence-electron chi connectivity index (χ1n) is 6.49. The summed E-state index contributed by atoms with van der Waals surface area (Å²) in [6.07, 6.45) is 3.29. The summed E-state index contributed by atoms with van der Waals surface area (Å²) in [6, 6.07) is 0. The van der Waals surface area contributed by atoms with E-state index in [9.17, 15) is 4.79 Å². The van der Waals surface area contributed by atoms with Crippen LogP contribution in [0.25, 0.3) is 0 Å². The van der Waals surface area contributed by atoms with Crippen LogP contribution in [0.3, 0.4) is 0 Å². The van der Waals surface area contributed by atoms with Gasteiger partial charge in [0, 0.05) is 6.54 Å². The zero-order valence-corrected chi connectivity index (χ0v) is 11.1. The van der Waals surface area contributed by atoms with Gasteiger partial charge in [0.25, 0.3) is 0 Å². The van der Waals surface area contributed by atoms with Crippen LogP contribution in [0.2, 0.25) is 0 Å². The molecule has 0 bridgehead atoms. The molecule has 2 unspecified atom stereocenters. The number of amides is 1. The minimum atomic E-state index is -0.338. The molecule has 1 rings (SSSR count). The molecule has 94 valence electrons. The van der Waals surface area contributed by atoms with Gasteiger partial charge in [-0.1, -0.05) is 20.8 Å². The van der Waals surface area contributed by atoms with Gasteiger partial charge < -0.3 is 10.6 Å². The third-order valence-electron chi connectivity index (χ3n) is 3.84. The van der Waals surface area contributed by atoms with Gasteiger partial charge in [-0.05, 0) is 44.6 Å². The number of carbonyl (C=O) groups excluding carboxylic acids is 1. The highest BCUT2D eigenvalue weighted by molar-refractivity contribution is 5.85. The van der Waals surface area contributed by atoms with Crippen molar-refractivity contribution in [3.8, 4) is 0 Å². The van der Waals surface area contributed by atoms with Gasteiger partial charge in [-0.3, -0.25) is 4.79 Å². The average molecular weight is 226 g/mol. The Morgan fingerprint density at radius 1 is 1.38 bits per heavy atom. The Kier molecular flexibility index (Phi) is 4.78. The van der Waals surface area contributed by atoms with Crippen molar-refractivity contribution in [3.05, 3.63) is 0 Å². The summed E-state index contributed by atoms with van der Waals surface area (Å²) in [5, 5.41) is 6.41. The zero-order valence-electron chi connectivity index (χ0n) is 11.1. The van der Waals surface area contributed by atoms with Crippen LogP contribution in [0.1, 0.15) is 47.0 Å². The SMILES string of the molecule is CC(C)C(C)CNC(=O)C1(C)CCCCN1. The molecule has 1 heterocycles. The summed E-state index contributed by atoms with van der Waals surface area (Å²) in [7, 11) is 0. The van der Waals surface area contributed by atoms with Gasteiger partial charge in [-0.25, -0.2) is 0 Å². The van der Waals surface area contributed by atoms with E-state index in [1.54, 1.807) is 0 Å². The van der Waals surface area contributed by atoms with E-state index in [1.165, 1.54) is 6.42 Å². The van der Waals surface area contributed by atoms with Crippen LogP contribution in [0, 0.1) is 11.8 Å². The number of rotatable bonds is 4. The van der Waals surface area contributed by atoms with Crippen molar-refractivity contribution in [2.24, 2.45) is 11.8 Å². The molecular weight excluding hydrogens is 200 g/mol. The van der Waals surface area contributed by atoms with Crippen LogP contribution in [0.15, 0.2) is 0 Å². The van der Waals surface area contributed by atoms with E-state index < -0.39 is 0 Å². The second-order valence-corrected chi connectivity index (χ2v) is 5.65. The van der Waals surface area contributed by atoms with Crippen LogP contribution in [-0.4, -0.2) is 24.5 Å². The lowest BCUT2D eigenvalue weighted by Gasteiger charge is -2.34. The molecule has 3 heteroatoms. The van der Waals surface area contributed by atoms with Crippen molar-refractivity contribution in [1.29, 1.82) is 0 Å². The third-order valence-corrected chi connectivity index (χ3v) is 3.84. The van der Waals surface area contributed by atoms with Gasteiger partial charge in [-0.2, -0.15) is 0 Å². The lowest BCUT2D eigenvalue weighted by molar-refractivity contribution is -0.128. The topological polar surface area (TPSA) is 41.1 Å². The molecule has 0 radical (unpaired) electrons. The summed E-state index contributed by atoms with van der Waals surface area (Å²) in [4.78, 5) is 12.1. The molecule has 0 aliphatic carbocycles. The van der Waals surface area contributed by atoms with Crippen molar-refractivity contribution in [2.45, 2.75) is 52.5 Å². The van der Waals surface area contributed by atoms with Crippen molar-refractivity contribution in [3.63, 3.8) is 0 Å². The molecule has 0 aromatic rings. The van der Waals surface area contributed by atoms with E-state index in [-0.39, 0.29) is 11.4 Å². The summed E-state index contributed by atoms with van der Waals surface area (Å²) < 4.78 is 0. The lowest BCUT2D eigenvalue weighted by atomic mass is 9.89. The quantitative estimate of drug-likeness (QED) is 0.769. The molecule has 0 aromatic heterocycles. The van der Waals surface area contributed by atoms with Gasteiger partial charge in [0.2, 0.25) is 5.91 Å². The fourth-order valence-electron chi connectivity index (χ4n) is 1.93. The van der Waals surface area contributed by atoms with E-state index in [0.29, 0.717) is 11.8 Å². The second-order valence-electron chi connectivity index (χ2n) is 5.65. The Morgan fingerprint density at radius 3 is 2.56 bits per heavy atom. The minimum absolute atomic E-state index is 0.166. The molecule has 0 aromatic carbocycles. The molecular formula is C13H26N2O. The Morgan fingerprint density at radius 2 is 2.06 bits per heavy atom. The molecule has 2 N–H and O–H groups in total. The molecule has 3 nitrogen and oxygen atoms in total. The van der Waals surface area contributed by atoms with Gasteiger partial charge in [0.15, 0.2) is 0 Å². The fourth-order valence-corrected chi connectivity index (χ4v) is 1.93. The predicted octanol–water partition coefficient (Wildman–Crippen LogP) is 1.93. The van der Waals surface area contributed by atoms with Gasteiger partial charge in [-0.15, -0.1) is 0 Å². The largest absolute Gasteiger partial charge is 0.354 e. The Labute approximate surface area is 99.4 Å². The monoisotopic (exact) mass is 226 g/mol. The van der Waals surface area contributed by atoms with Crippen molar-refractivity contribution < 1.29 is 4.79 Å². The number of piperidine rings is 1. The third kappa shape index (κ3) is 3.48. The minimum Gasteiger partial charge on any atom is -0.354 e. The molecule has 0 saturated carbocycles. The molecule has 16 heavy (non-hydrogen) atoms. The van der Waals surface area contributed by atoms with E-state index in [1.807, 2.05) is 6.92 Å². The number of carbonyl (C=O) groups is 1. The highest BCUT2D eigenvalue weighted by atomic mass is 16.2. The Balaban J connectivity index is 2.39. The summed E-state index contributed by atoms with van der Waals surface area (Å²) >= 11 is 0. The smallest absolute Gasteiger partial charge is 0.240 e. The van der Waals surface area contributed by atoms with Crippen LogP contribution < -0.4 is 10.6 Å². The summed E-state index contributed by atoms with van der Waals surface area (Å²) in [5.74, 6) is 1.32. The molecule has 1 aliphatic heterocycles. The number of hydrogen-bond donors (Lipinski definition) is 2. The highest BCUT2D eigenvalue weighted by Gasteiger charge is 2.34. The first kappa shape index (κ1) is 13.5. The van der Waals surface area contributed by atoms with Crippen LogP contribution in [0.4, 0.5) is 0 Å². The van der Waals surface area contributed by atoms with Crippen molar-refractivity contribution in [1.82, 2.24) is 10.6 Å². The Hall–Kier alpha value is -0.570. The summed E-state index contributed by atoms with van der Waals surface area (Å²) in [6.45, 7) is 10.3. The summed E-state index contributed by atoms with van der Waals surface area (Å²) in [5.41, 5.74) is -0.338. The molecule has 1 saturated heterocycles. The maximum Gasteiger partial charge on any atom is 0.240 e. The van der Waals surface area contributed by atoms with Gasteiger partial charge >= 0.3 is 0 Å². The number of nitrogens with one attached hydrogen (secondary N) is 2. The van der Waals surface area contributed by atoms with Crippen LogP contribution in [0.5, 0.6) is 0 Å². The molecule has 0 spiro atoms. The zero-order chi connectivity index (χ0) is 12.2.